The molecule has 1 N–H and O–H groups in total. The van der Waals surface area contributed by atoms with Crippen LogP contribution in [-0.2, 0) is 0 Å². The fourth-order valence-corrected chi connectivity index (χ4v) is 4.55. The van der Waals surface area contributed by atoms with Crippen molar-refractivity contribution in [2.24, 2.45) is 5.92 Å². The minimum absolute atomic E-state index is 0.00910. The van der Waals surface area contributed by atoms with E-state index in [0.29, 0.717) is 20.9 Å². The van der Waals surface area contributed by atoms with Gasteiger partial charge < -0.3 is 0 Å². The first-order chi connectivity index (χ1) is 11.1. The van der Waals surface area contributed by atoms with Crippen LogP contribution in [0, 0.1) is 5.92 Å². The van der Waals surface area contributed by atoms with Gasteiger partial charge in [-0.25, -0.2) is 0 Å². The van der Waals surface area contributed by atoms with Crippen LogP contribution < -0.4 is 14.5 Å². The van der Waals surface area contributed by atoms with Gasteiger partial charge in [-0.1, -0.05) is 0 Å². The molecule has 0 aliphatic heterocycles. The molecule has 0 aromatic heterocycles. The van der Waals surface area contributed by atoms with Gasteiger partial charge in [-0.2, -0.15) is 0 Å². The SMILES string of the molecule is COc1ccc([Se]C[C@@H](NC(=O)c2ccccc2)C(C)C)cc1. The molecule has 0 unspecified atom stereocenters. The first-order valence-corrected chi connectivity index (χ1v) is 9.79. The number of benzene rings is 2. The van der Waals surface area contributed by atoms with Crippen molar-refractivity contribution in [2.45, 2.75) is 25.2 Å². The van der Waals surface area contributed by atoms with Crippen molar-refractivity contribution in [3.8, 4) is 5.75 Å². The van der Waals surface area contributed by atoms with E-state index in [4.69, 9.17) is 4.74 Å². The van der Waals surface area contributed by atoms with Crippen LogP contribution in [0.4, 0.5) is 0 Å². The number of methoxy groups -OCH3 is 1. The van der Waals surface area contributed by atoms with Crippen LogP contribution in [-0.4, -0.2) is 34.0 Å². The number of rotatable bonds is 7. The Hall–Kier alpha value is -1.77. The summed E-state index contributed by atoms with van der Waals surface area (Å²) in [5, 5.41) is 4.16. The molecule has 0 radical (unpaired) electrons. The Kier molecular flexibility index (Phi) is 6.69. The zero-order chi connectivity index (χ0) is 16.7. The number of carbonyl (C=O) groups is 1. The molecule has 0 heterocycles. The molecule has 0 aliphatic rings. The molecule has 122 valence electrons. The number of hydrogen-bond acceptors (Lipinski definition) is 2. The molecule has 0 fully saturated rings. The maximum atomic E-state index is 12.3. The third-order valence-electron chi connectivity index (χ3n) is 3.65. The van der Waals surface area contributed by atoms with Crippen LogP contribution in [0.5, 0.6) is 5.75 Å². The molecule has 0 spiro atoms. The van der Waals surface area contributed by atoms with Gasteiger partial charge in [0.15, 0.2) is 0 Å². The van der Waals surface area contributed by atoms with Crippen LogP contribution in [0.2, 0.25) is 5.32 Å². The van der Waals surface area contributed by atoms with Crippen LogP contribution in [0.3, 0.4) is 0 Å². The van der Waals surface area contributed by atoms with Crippen molar-refractivity contribution in [3.05, 3.63) is 60.2 Å². The number of amides is 1. The third kappa shape index (κ3) is 5.42. The molecule has 4 heteroatoms. The Balaban J connectivity index is 1.94. The van der Waals surface area contributed by atoms with E-state index >= 15 is 0 Å². The average Bonchev–Trinajstić information content (AvgIpc) is 2.59. The van der Waals surface area contributed by atoms with Gasteiger partial charge in [0.25, 0.3) is 0 Å². The number of ether oxygens (including phenoxy) is 1. The number of hydrogen-bond donors (Lipinski definition) is 1. The summed E-state index contributed by atoms with van der Waals surface area (Å²) in [5.74, 6) is 1.29. The summed E-state index contributed by atoms with van der Waals surface area (Å²) in [7, 11) is 1.67. The van der Waals surface area contributed by atoms with Crippen molar-refractivity contribution < 1.29 is 9.53 Å². The molecule has 0 saturated heterocycles. The number of nitrogens with one attached hydrogen (secondary N) is 1. The fraction of sp³-hybridized carbons (Fsp3) is 0.316. The molecule has 2 aromatic carbocycles. The van der Waals surface area contributed by atoms with E-state index < -0.39 is 0 Å². The van der Waals surface area contributed by atoms with Crippen LogP contribution in [0.25, 0.3) is 0 Å². The molecule has 1 atom stereocenters. The molecule has 0 saturated carbocycles. The van der Waals surface area contributed by atoms with E-state index in [1.165, 1.54) is 4.46 Å². The first-order valence-electron chi connectivity index (χ1n) is 7.73. The summed E-state index contributed by atoms with van der Waals surface area (Å²) in [6, 6.07) is 17.8. The Bertz CT molecular complexity index is 611. The molecule has 3 nitrogen and oxygen atoms in total. The molecular formula is C19H23NO2Se. The van der Waals surface area contributed by atoms with Gasteiger partial charge in [-0.15, -0.1) is 0 Å². The van der Waals surface area contributed by atoms with Gasteiger partial charge in [0.2, 0.25) is 0 Å². The standard InChI is InChI=1S/C19H23NO2Se/c1-14(2)18(20-19(21)15-7-5-4-6-8-15)13-23-17-11-9-16(22-3)10-12-17/h4-12,14,18H,13H2,1-3H3,(H,20,21)/t18-/m1/s1. The van der Waals surface area contributed by atoms with Crippen LogP contribution in [0.15, 0.2) is 54.6 Å². The summed E-state index contributed by atoms with van der Waals surface area (Å²) >= 11 is 0.325. The van der Waals surface area contributed by atoms with Gasteiger partial charge in [-0.3, -0.25) is 0 Å². The van der Waals surface area contributed by atoms with E-state index in [1.807, 2.05) is 42.5 Å². The summed E-state index contributed by atoms with van der Waals surface area (Å²) in [6.45, 7) is 4.31. The van der Waals surface area contributed by atoms with Crippen molar-refractivity contribution in [2.75, 3.05) is 7.11 Å². The summed E-state index contributed by atoms with van der Waals surface area (Å²) in [6.07, 6.45) is 0. The van der Waals surface area contributed by atoms with E-state index in [2.05, 4.69) is 31.3 Å². The predicted molar refractivity (Wildman–Crippen MR) is 95.7 cm³/mol. The van der Waals surface area contributed by atoms with E-state index in [0.717, 1.165) is 16.6 Å². The second-order valence-electron chi connectivity index (χ2n) is 5.68. The zero-order valence-electron chi connectivity index (χ0n) is 13.8. The van der Waals surface area contributed by atoms with E-state index in [9.17, 15) is 4.79 Å². The fourth-order valence-electron chi connectivity index (χ4n) is 2.10. The summed E-state index contributed by atoms with van der Waals surface area (Å²) in [4.78, 5) is 12.3. The zero-order valence-corrected chi connectivity index (χ0v) is 15.5. The monoisotopic (exact) mass is 377 g/mol. The van der Waals surface area contributed by atoms with Gasteiger partial charge >= 0.3 is 144 Å². The van der Waals surface area contributed by atoms with Gasteiger partial charge in [0, 0.05) is 0 Å². The third-order valence-corrected chi connectivity index (χ3v) is 6.02. The first kappa shape index (κ1) is 17.6. The molecule has 23 heavy (non-hydrogen) atoms. The minimum atomic E-state index is 0.00910. The van der Waals surface area contributed by atoms with Crippen molar-refractivity contribution in [1.82, 2.24) is 5.32 Å². The summed E-state index contributed by atoms with van der Waals surface area (Å²) in [5.41, 5.74) is 0.718. The van der Waals surface area contributed by atoms with Crippen molar-refractivity contribution >= 4 is 25.3 Å². The van der Waals surface area contributed by atoms with E-state index in [1.54, 1.807) is 7.11 Å². The Morgan fingerprint density at radius 1 is 1.09 bits per heavy atom. The Labute approximate surface area is 144 Å². The topological polar surface area (TPSA) is 38.3 Å². The van der Waals surface area contributed by atoms with Crippen LogP contribution in [0.1, 0.15) is 24.2 Å². The Morgan fingerprint density at radius 3 is 2.30 bits per heavy atom. The molecule has 0 bridgehead atoms. The van der Waals surface area contributed by atoms with E-state index in [-0.39, 0.29) is 11.9 Å². The van der Waals surface area contributed by atoms with Gasteiger partial charge in [0.05, 0.1) is 0 Å². The maximum absolute atomic E-state index is 12.3. The van der Waals surface area contributed by atoms with Gasteiger partial charge in [-0.05, 0) is 0 Å². The Morgan fingerprint density at radius 2 is 1.74 bits per heavy atom. The van der Waals surface area contributed by atoms with Crippen LogP contribution >= 0.6 is 0 Å². The average molecular weight is 376 g/mol. The normalized spacial score (nSPS) is 12.0. The predicted octanol–water partition coefficient (Wildman–Crippen LogP) is 2.90. The molecule has 0 aliphatic carbocycles. The quantitative estimate of drug-likeness (QED) is 0.755. The van der Waals surface area contributed by atoms with Crippen molar-refractivity contribution in [1.29, 1.82) is 0 Å². The second kappa shape index (κ2) is 8.76. The molecule has 2 rings (SSSR count). The molecule has 2 aromatic rings. The number of carbonyl (C=O) groups excluding carboxylic acids is 1. The summed E-state index contributed by atoms with van der Waals surface area (Å²) < 4.78 is 6.50. The molecule has 1 amide bonds. The second-order valence-corrected chi connectivity index (χ2v) is 7.97. The van der Waals surface area contributed by atoms with Crippen molar-refractivity contribution in [3.63, 3.8) is 0 Å². The molecular weight excluding hydrogens is 353 g/mol. The van der Waals surface area contributed by atoms with Gasteiger partial charge in [0.1, 0.15) is 0 Å².